The molecule has 0 unspecified atom stereocenters. The normalized spacial score (nSPS) is 17.8. The maximum absolute atomic E-state index is 13.8. The Bertz CT molecular complexity index is 1040. The summed E-state index contributed by atoms with van der Waals surface area (Å²) >= 11 is 0. The summed E-state index contributed by atoms with van der Waals surface area (Å²) in [6, 6.07) is 9.74. The second-order valence-electron chi connectivity index (χ2n) is 7.48. The van der Waals surface area contributed by atoms with Gasteiger partial charge in [-0.05, 0) is 42.3 Å². The van der Waals surface area contributed by atoms with Gasteiger partial charge in [0.15, 0.2) is 11.6 Å². The van der Waals surface area contributed by atoms with Crippen molar-refractivity contribution in [3.05, 3.63) is 47.8 Å². The van der Waals surface area contributed by atoms with Gasteiger partial charge < -0.3 is 19.9 Å². The number of benzene rings is 2. The van der Waals surface area contributed by atoms with E-state index in [1.807, 2.05) is 12.1 Å². The van der Waals surface area contributed by atoms with Gasteiger partial charge in [0.2, 0.25) is 17.7 Å². The smallest absolute Gasteiger partial charge is 0.229 e. The number of methoxy groups -OCH3 is 1. The van der Waals surface area contributed by atoms with E-state index in [1.54, 1.807) is 21.9 Å². The molecule has 2 aromatic rings. The second kappa shape index (κ2) is 7.78. The maximum atomic E-state index is 13.8. The van der Waals surface area contributed by atoms with Crippen LogP contribution in [-0.4, -0.2) is 37.9 Å². The minimum Gasteiger partial charge on any atom is -0.494 e. The van der Waals surface area contributed by atoms with E-state index in [0.717, 1.165) is 23.4 Å². The van der Waals surface area contributed by atoms with Crippen LogP contribution in [0, 0.1) is 11.7 Å². The molecule has 30 heavy (non-hydrogen) atoms. The Morgan fingerprint density at radius 3 is 2.70 bits per heavy atom. The molecule has 4 rings (SSSR count). The Labute approximate surface area is 173 Å². The lowest BCUT2D eigenvalue weighted by molar-refractivity contribution is -0.122. The number of carbonyl (C=O) groups is 3. The van der Waals surface area contributed by atoms with Gasteiger partial charge in [0, 0.05) is 49.6 Å². The molecule has 7 nitrogen and oxygen atoms in total. The minimum absolute atomic E-state index is 0.00884. The van der Waals surface area contributed by atoms with Crippen LogP contribution in [0.15, 0.2) is 36.4 Å². The van der Waals surface area contributed by atoms with Crippen LogP contribution in [0.1, 0.15) is 18.9 Å². The van der Waals surface area contributed by atoms with Gasteiger partial charge in [0.25, 0.3) is 0 Å². The summed E-state index contributed by atoms with van der Waals surface area (Å²) in [7, 11) is 1.37. The van der Waals surface area contributed by atoms with Gasteiger partial charge in [-0.25, -0.2) is 4.39 Å². The van der Waals surface area contributed by atoms with Crippen molar-refractivity contribution in [2.75, 3.05) is 35.3 Å². The molecule has 1 fully saturated rings. The number of amides is 3. The Morgan fingerprint density at radius 1 is 1.20 bits per heavy atom. The number of halogens is 1. The van der Waals surface area contributed by atoms with Crippen LogP contribution in [0.2, 0.25) is 0 Å². The lowest BCUT2D eigenvalue weighted by atomic mass is 10.1. The molecular weight excluding hydrogens is 389 g/mol. The first-order chi connectivity index (χ1) is 14.4. The monoisotopic (exact) mass is 411 g/mol. The van der Waals surface area contributed by atoms with Gasteiger partial charge in [-0.1, -0.05) is 0 Å². The van der Waals surface area contributed by atoms with Gasteiger partial charge in [-0.15, -0.1) is 0 Å². The molecule has 0 bridgehead atoms. The molecule has 8 heteroatoms. The number of hydrogen-bond acceptors (Lipinski definition) is 4. The predicted molar refractivity (Wildman–Crippen MR) is 110 cm³/mol. The molecule has 1 atom stereocenters. The van der Waals surface area contributed by atoms with Crippen molar-refractivity contribution in [1.29, 1.82) is 0 Å². The number of fused-ring (bicyclic) bond motifs is 1. The summed E-state index contributed by atoms with van der Waals surface area (Å²) in [5, 5.41) is 2.67. The van der Waals surface area contributed by atoms with E-state index in [1.165, 1.54) is 26.2 Å². The zero-order valence-corrected chi connectivity index (χ0v) is 16.8. The lowest BCUT2D eigenvalue weighted by Gasteiger charge is -2.19. The van der Waals surface area contributed by atoms with Crippen molar-refractivity contribution < 1.29 is 23.5 Å². The molecule has 2 aromatic carbocycles. The average Bonchev–Trinajstić information content (AvgIpc) is 3.31. The molecular formula is C22H22FN3O4. The first-order valence-electron chi connectivity index (χ1n) is 9.73. The fraction of sp³-hybridized carbons (Fsp3) is 0.318. The molecule has 3 amide bonds. The molecule has 1 saturated heterocycles. The highest BCUT2D eigenvalue weighted by atomic mass is 19.1. The number of anilines is 3. The average molecular weight is 411 g/mol. The summed E-state index contributed by atoms with van der Waals surface area (Å²) in [6.45, 7) is 2.41. The molecule has 2 heterocycles. The summed E-state index contributed by atoms with van der Waals surface area (Å²) in [5.74, 6) is -1.50. The summed E-state index contributed by atoms with van der Waals surface area (Å²) in [6.07, 6.45) is 0.818. The maximum Gasteiger partial charge on any atom is 0.229 e. The SMILES string of the molecule is COc1ccc(NC(=O)[C@@H]2CC(=O)N(c3ccc4c(c3)CCN4C(C)=O)C2)cc1F. The molecule has 0 aliphatic carbocycles. The van der Waals surface area contributed by atoms with E-state index < -0.39 is 11.7 Å². The van der Waals surface area contributed by atoms with Gasteiger partial charge in [-0.2, -0.15) is 0 Å². The van der Waals surface area contributed by atoms with Crippen LogP contribution >= 0.6 is 0 Å². The van der Waals surface area contributed by atoms with Gasteiger partial charge in [-0.3, -0.25) is 14.4 Å². The van der Waals surface area contributed by atoms with Crippen LogP contribution in [0.5, 0.6) is 5.75 Å². The van der Waals surface area contributed by atoms with Crippen molar-refractivity contribution in [3.63, 3.8) is 0 Å². The fourth-order valence-electron chi connectivity index (χ4n) is 4.00. The lowest BCUT2D eigenvalue weighted by Crippen LogP contribution is -2.28. The van der Waals surface area contributed by atoms with E-state index in [-0.39, 0.29) is 36.4 Å². The molecule has 1 N–H and O–H groups in total. The summed E-state index contributed by atoms with van der Waals surface area (Å²) < 4.78 is 18.7. The van der Waals surface area contributed by atoms with Crippen molar-refractivity contribution in [3.8, 4) is 5.75 Å². The van der Waals surface area contributed by atoms with Crippen LogP contribution in [-0.2, 0) is 20.8 Å². The number of nitrogens with one attached hydrogen (secondary N) is 1. The first kappa shape index (κ1) is 19.9. The molecule has 0 aromatic heterocycles. The molecule has 0 saturated carbocycles. The van der Waals surface area contributed by atoms with Gasteiger partial charge in [0.05, 0.1) is 13.0 Å². The van der Waals surface area contributed by atoms with E-state index >= 15 is 0 Å². The van der Waals surface area contributed by atoms with Crippen molar-refractivity contribution in [2.24, 2.45) is 5.92 Å². The third kappa shape index (κ3) is 3.60. The number of ether oxygens (including phenoxy) is 1. The highest BCUT2D eigenvalue weighted by Crippen LogP contribution is 2.34. The number of rotatable bonds is 4. The fourth-order valence-corrected chi connectivity index (χ4v) is 4.00. The first-order valence-corrected chi connectivity index (χ1v) is 9.73. The number of carbonyl (C=O) groups excluding carboxylic acids is 3. The minimum atomic E-state index is -0.572. The molecule has 156 valence electrons. The zero-order chi connectivity index (χ0) is 21.4. The van der Waals surface area contributed by atoms with E-state index in [2.05, 4.69) is 5.32 Å². The largest absolute Gasteiger partial charge is 0.494 e. The highest BCUT2D eigenvalue weighted by Gasteiger charge is 2.36. The Hall–Kier alpha value is -3.42. The third-order valence-electron chi connectivity index (χ3n) is 5.57. The van der Waals surface area contributed by atoms with Crippen LogP contribution < -0.4 is 19.9 Å². The highest BCUT2D eigenvalue weighted by molar-refractivity contribution is 6.04. The van der Waals surface area contributed by atoms with Crippen LogP contribution in [0.3, 0.4) is 0 Å². The Balaban J connectivity index is 1.46. The predicted octanol–water partition coefficient (Wildman–Crippen LogP) is 2.73. The third-order valence-corrected chi connectivity index (χ3v) is 5.57. The molecule has 2 aliphatic heterocycles. The standard InChI is InChI=1S/C22H22FN3O4/c1-13(27)25-8-7-14-9-17(4-5-19(14)25)26-12-15(10-21(26)28)22(29)24-16-3-6-20(30-2)18(23)11-16/h3-6,9,11,15H,7-8,10,12H2,1-2H3,(H,24,29)/t15-/m1/s1. The van der Waals surface area contributed by atoms with E-state index in [0.29, 0.717) is 12.2 Å². The topological polar surface area (TPSA) is 79.0 Å². The van der Waals surface area contributed by atoms with Crippen molar-refractivity contribution >= 4 is 34.8 Å². The van der Waals surface area contributed by atoms with E-state index in [4.69, 9.17) is 4.74 Å². The second-order valence-corrected chi connectivity index (χ2v) is 7.48. The van der Waals surface area contributed by atoms with Crippen LogP contribution in [0.25, 0.3) is 0 Å². The van der Waals surface area contributed by atoms with Gasteiger partial charge >= 0.3 is 0 Å². The summed E-state index contributed by atoms with van der Waals surface area (Å²) in [5.41, 5.74) is 2.91. The quantitative estimate of drug-likeness (QED) is 0.839. The Morgan fingerprint density at radius 2 is 2.00 bits per heavy atom. The van der Waals surface area contributed by atoms with Crippen LogP contribution in [0.4, 0.5) is 21.5 Å². The number of hydrogen-bond donors (Lipinski definition) is 1. The Kier molecular flexibility index (Phi) is 5.15. The molecule has 0 spiro atoms. The zero-order valence-electron chi connectivity index (χ0n) is 16.8. The van der Waals surface area contributed by atoms with Crippen molar-refractivity contribution in [1.82, 2.24) is 0 Å². The van der Waals surface area contributed by atoms with Gasteiger partial charge in [0.1, 0.15) is 0 Å². The summed E-state index contributed by atoms with van der Waals surface area (Å²) in [4.78, 5) is 40.2. The van der Waals surface area contributed by atoms with Crippen molar-refractivity contribution in [2.45, 2.75) is 19.8 Å². The molecule has 2 aliphatic rings. The number of nitrogens with zero attached hydrogens (tertiary/aromatic N) is 2. The molecule has 0 radical (unpaired) electrons. The van der Waals surface area contributed by atoms with E-state index in [9.17, 15) is 18.8 Å².